The van der Waals surface area contributed by atoms with Crippen LogP contribution in [0.4, 0.5) is 5.69 Å². The molecule has 0 aliphatic rings. The fraction of sp³-hybridized carbons (Fsp3) is 0.385. The van der Waals surface area contributed by atoms with Gasteiger partial charge in [0.15, 0.2) is 0 Å². The van der Waals surface area contributed by atoms with Crippen LogP contribution in [0.25, 0.3) is 0 Å². The first-order chi connectivity index (χ1) is 8.61. The topological polar surface area (TPSA) is 92.4 Å². The van der Waals surface area contributed by atoms with Gasteiger partial charge in [-0.2, -0.15) is 0 Å². The van der Waals surface area contributed by atoms with Crippen molar-refractivity contribution in [1.82, 2.24) is 5.32 Å². The smallest absolute Gasteiger partial charge is 0.326 e. The van der Waals surface area contributed by atoms with Crippen molar-refractivity contribution >= 4 is 33.5 Å². The number of nitrogens with one attached hydrogen (secondary N) is 1. The molecule has 0 spiro atoms. The first kappa shape index (κ1) is 15.5. The molecule has 104 valence electrons. The number of nitrogen functional groups attached to an aromatic ring is 1. The minimum atomic E-state index is -1.07. The second kappa shape index (κ2) is 5.61. The quantitative estimate of drug-likeness (QED) is 0.742. The summed E-state index contributed by atoms with van der Waals surface area (Å²) in [5.41, 5.74) is 5.82. The third-order valence-electron chi connectivity index (χ3n) is 2.57. The van der Waals surface area contributed by atoms with E-state index in [1.165, 1.54) is 6.07 Å². The van der Waals surface area contributed by atoms with Gasteiger partial charge in [0, 0.05) is 15.7 Å². The van der Waals surface area contributed by atoms with Crippen LogP contribution in [0.2, 0.25) is 0 Å². The van der Waals surface area contributed by atoms with Crippen molar-refractivity contribution < 1.29 is 14.7 Å². The van der Waals surface area contributed by atoms with Gasteiger partial charge in [-0.3, -0.25) is 4.79 Å². The lowest BCUT2D eigenvalue weighted by Gasteiger charge is -2.27. The van der Waals surface area contributed by atoms with Crippen molar-refractivity contribution in [2.45, 2.75) is 26.8 Å². The van der Waals surface area contributed by atoms with E-state index in [9.17, 15) is 9.59 Å². The van der Waals surface area contributed by atoms with E-state index in [1.807, 2.05) is 0 Å². The predicted molar refractivity (Wildman–Crippen MR) is 76.9 cm³/mol. The van der Waals surface area contributed by atoms with E-state index in [-0.39, 0.29) is 0 Å². The normalized spacial score (nSPS) is 12.8. The molecule has 0 saturated heterocycles. The van der Waals surface area contributed by atoms with Gasteiger partial charge in [-0.05, 0) is 23.6 Å². The number of amides is 1. The third-order valence-corrected chi connectivity index (χ3v) is 3.03. The Morgan fingerprint density at radius 2 is 1.89 bits per heavy atom. The Labute approximate surface area is 120 Å². The monoisotopic (exact) mass is 328 g/mol. The molecule has 19 heavy (non-hydrogen) atoms. The summed E-state index contributed by atoms with van der Waals surface area (Å²) in [5, 5.41) is 11.7. The standard InChI is InChI=1S/C13H17BrN2O3/c1-13(2,3)10(12(18)19)16-11(17)7-4-8(14)6-9(15)5-7/h4-6,10H,15H2,1-3H3,(H,16,17)(H,18,19). The SMILES string of the molecule is CC(C)(C)C(NC(=O)c1cc(N)cc(Br)c1)C(=O)O. The third kappa shape index (κ3) is 4.24. The number of carboxylic acid groups (broad SMARTS) is 1. The number of benzene rings is 1. The number of rotatable bonds is 3. The highest BCUT2D eigenvalue weighted by atomic mass is 79.9. The molecular weight excluding hydrogens is 312 g/mol. The lowest BCUT2D eigenvalue weighted by molar-refractivity contribution is -0.142. The Morgan fingerprint density at radius 1 is 1.32 bits per heavy atom. The molecule has 0 heterocycles. The molecule has 6 heteroatoms. The Kier molecular flexibility index (Phi) is 4.57. The van der Waals surface area contributed by atoms with Crippen molar-refractivity contribution in [2.75, 3.05) is 5.73 Å². The summed E-state index contributed by atoms with van der Waals surface area (Å²) in [6, 6.07) is 3.78. The fourth-order valence-electron chi connectivity index (χ4n) is 1.61. The number of carboxylic acids is 1. The highest BCUT2D eigenvalue weighted by Crippen LogP contribution is 2.21. The Morgan fingerprint density at radius 3 is 2.32 bits per heavy atom. The largest absolute Gasteiger partial charge is 0.480 e. The van der Waals surface area contributed by atoms with Crippen molar-refractivity contribution in [3.8, 4) is 0 Å². The number of anilines is 1. The second-order valence-electron chi connectivity index (χ2n) is 5.38. The van der Waals surface area contributed by atoms with Crippen LogP contribution in [0, 0.1) is 5.41 Å². The molecule has 0 aliphatic carbocycles. The van der Waals surface area contributed by atoms with Gasteiger partial charge in [-0.25, -0.2) is 4.79 Å². The number of aliphatic carboxylic acids is 1. The van der Waals surface area contributed by atoms with Crippen molar-refractivity contribution in [1.29, 1.82) is 0 Å². The van der Waals surface area contributed by atoms with Crippen LogP contribution in [-0.4, -0.2) is 23.0 Å². The summed E-state index contributed by atoms with van der Waals surface area (Å²) in [4.78, 5) is 23.3. The predicted octanol–water partition coefficient (Wildman–Crippen LogP) is 2.26. The molecule has 1 rings (SSSR count). The van der Waals surface area contributed by atoms with Gasteiger partial charge in [-0.15, -0.1) is 0 Å². The molecule has 0 saturated carbocycles. The molecule has 0 aromatic heterocycles. The van der Waals surface area contributed by atoms with Gasteiger partial charge in [0.25, 0.3) is 5.91 Å². The minimum Gasteiger partial charge on any atom is -0.480 e. The molecule has 1 aromatic carbocycles. The number of carbonyl (C=O) groups excluding carboxylic acids is 1. The molecule has 4 N–H and O–H groups in total. The lowest BCUT2D eigenvalue weighted by atomic mass is 9.86. The molecular formula is C13H17BrN2O3. The number of hydrogen-bond donors (Lipinski definition) is 3. The zero-order valence-corrected chi connectivity index (χ0v) is 12.6. The van der Waals surface area contributed by atoms with E-state index in [1.54, 1.807) is 32.9 Å². The summed E-state index contributed by atoms with van der Waals surface area (Å²) in [6.45, 7) is 5.25. The Bertz CT molecular complexity index is 489. The molecule has 5 nitrogen and oxygen atoms in total. The maximum absolute atomic E-state index is 12.1. The van der Waals surface area contributed by atoms with Crippen LogP contribution in [-0.2, 0) is 4.79 Å². The fourth-order valence-corrected chi connectivity index (χ4v) is 2.12. The van der Waals surface area contributed by atoms with E-state index in [2.05, 4.69) is 21.2 Å². The van der Waals surface area contributed by atoms with Crippen LogP contribution in [0.5, 0.6) is 0 Å². The molecule has 0 fully saturated rings. The van der Waals surface area contributed by atoms with Gasteiger partial charge in [0.2, 0.25) is 0 Å². The number of hydrogen-bond acceptors (Lipinski definition) is 3. The zero-order valence-electron chi connectivity index (χ0n) is 11.0. The summed E-state index contributed by atoms with van der Waals surface area (Å²) in [7, 11) is 0. The highest BCUT2D eigenvalue weighted by molar-refractivity contribution is 9.10. The van der Waals surface area contributed by atoms with Crippen molar-refractivity contribution in [3.63, 3.8) is 0 Å². The molecule has 1 amide bonds. The first-order valence-corrected chi connectivity index (χ1v) is 6.50. The van der Waals surface area contributed by atoms with E-state index in [0.717, 1.165) is 0 Å². The van der Waals surface area contributed by atoms with Gasteiger partial charge in [-0.1, -0.05) is 36.7 Å². The Hall–Kier alpha value is -1.56. The highest BCUT2D eigenvalue weighted by Gasteiger charge is 2.32. The summed E-state index contributed by atoms with van der Waals surface area (Å²) >= 11 is 3.24. The van der Waals surface area contributed by atoms with Gasteiger partial charge in [0.1, 0.15) is 6.04 Å². The summed E-state index contributed by atoms with van der Waals surface area (Å²) in [6.07, 6.45) is 0. The average molecular weight is 329 g/mol. The Balaban J connectivity index is 2.97. The first-order valence-electron chi connectivity index (χ1n) is 5.71. The van der Waals surface area contributed by atoms with Gasteiger partial charge < -0.3 is 16.2 Å². The van der Waals surface area contributed by atoms with E-state index >= 15 is 0 Å². The number of nitrogens with two attached hydrogens (primary N) is 1. The van der Waals surface area contributed by atoms with Crippen LogP contribution >= 0.6 is 15.9 Å². The second-order valence-corrected chi connectivity index (χ2v) is 6.30. The molecule has 0 radical (unpaired) electrons. The minimum absolute atomic E-state index is 0.322. The summed E-state index contributed by atoms with van der Waals surface area (Å²) in [5.74, 6) is -1.53. The van der Waals surface area contributed by atoms with Crippen LogP contribution in [0.1, 0.15) is 31.1 Å². The summed E-state index contributed by atoms with van der Waals surface area (Å²) < 4.78 is 0.667. The molecule has 1 aromatic rings. The van der Waals surface area contributed by atoms with Gasteiger partial charge in [0.05, 0.1) is 0 Å². The lowest BCUT2D eigenvalue weighted by Crippen LogP contribution is -2.49. The number of carbonyl (C=O) groups is 2. The van der Waals surface area contributed by atoms with Crippen molar-refractivity contribution in [3.05, 3.63) is 28.2 Å². The zero-order chi connectivity index (χ0) is 14.8. The number of halogens is 1. The van der Waals surface area contributed by atoms with E-state index in [0.29, 0.717) is 15.7 Å². The van der Waals surface area contributed by atoms with E-state index < -0.39 is 23.3 Å². The van der Waals surface area contributed by atoms with Crippen LogP contribution in [0.3, 0.4) is 0 Å². The van der Waals surface area contributed by atoms with Gasteiger partial charge >= 0.3 is 5.97 Å². The maximum Gasteiger partial charge on any atom is 0.326 e. The van der Waals surface area contributed by atoms with Crippen LogP contribution < -0.4 is 11.1 Å². The molecule has 0 bridgehead atoms. The maximum atomic E-state index is 12.1. The molecule has 1 atom stereocenters. The average Bonchev–Trinajstić information content (AvgIpc) is 2.21. The van der Waals surface area contributed by atoms with Crippen LogP contribution in [0.15, 0.2) is 22.7 Å². The van der Waals surface area contributed by atoms with E-state index in [4.69, 9.17) is 10.8 Å². The molecule has 0 aliphatic heterocycles. The molecule has 1 unspecified atom stereocenters. The van der Waals surface area contributed by atoms with Crippen molar-refractivity contribution in [2.24, 2.45) is 5.41 Å².